The highest BCUT2D eigenvalue weighted by Gasteiger charge is 2.46. The van der Waals surface area contributed by atoms with E-state index in [1.807, 2.05) is 34.0 Å². The number of nitrogens with zero attached hydrogens (tertiary/aromatic N) is 1. The fourth-order valence-electron chi connectivity index (χ4n) is 3.89. The Balaban J connectivity index is 1.96. The molecule has 1 saturated carbocycles. The number of carbonyl (C=O) groups is 1. The molecular weight excluding hydrogens is 320 g/mol. The molecule has 1 aliphatic carbocycles. The second-order valence-electron chi connectivity index (χ2n) is 7.49. The van der Waals surface area contributed by atoms with Gasteiger partial charge in [-0.05, 0) is 58.8 Å². The van der Waals surface area contributed by atoms with Gasteiger partial charge in [0.1, 0.15) is 17.1 Å². The number of hydrogen-bond acceptors (Lipinski definition) is 6. The van der Waals surface area contributed by atoms with Gasteiger partial charge in [-0.25, -0.2) is 0 Å². The fraction of sp³-hybridized carbons (Fsp3) is 0.632. The fourth-order valence-corrected chi connectivity index (χ4v) is 3.89. The van der Waals surface area contributed by atoms with Crippen LogP contribution in [0.25, 0.3) is 0 Å². The van der Waals surface area contributed by atoms with E-state index in [4.69, 9.17) is 14.3 Å². The maximum atomic E-state index is 12.1. The summed E-state index contributed by atoms with van der Waals surface area (Å²) in [4.78, 5) is 19.2. The first-order valence-corrected chi connectivity index (χ1v) is 8.82. The van der Waals surface area contributed by atoms with Crippen LogP contribution in [0.3, 0.4) is 0 Å². The summed E-state index contributed by atoms with van der Waals surface area (Å²) in [7, 11) is 5.32. The summed E-state index contributed by atoms with van der Waals surface area (Å²) in [6, 6.07) is 2.02. The van der Waals surface area contributed by atoms with Crippen LogP contribution in [0.15, 0.2) is 6.07 Å². The minimum absolute atomic E-state index is 0.0287. The number of ether oxygens (including phenoxy) is 2. The van der Waals surface area contributed by atoms with Gasteiger partial charge in [-0.15, -0.1) is 0 Å². The van der Waals surface area contributed by atoms with Crippen molar-refractivity contribution in [2.24, 2.45) is 0 Å². The summed E-state index contributed by atoms with van der Waals surface area (Å²) in [5.41, 5.74) is 5.90. The molecule has 1 spiro atoms. The SMILES string of the molecule is CONC1CC2(CCC2)Oc2cc(C)c(OC(=O)CN(C)C)c(C)c21. The molecule has 1 aliphatic heterocycles. The van der Waals surface area contributed by atoms with Crippen molar-refractivity contribution in [3.8, 4) is 11.5 Å². The molecule has 6 heteroatoms. The van der Waals surface area contributed by atoms with Crippen molar-refractivity contribution in [2.45, 2.75) is 51.2 Å². The Hall–Kier alpha value is -1.63. The number of carbonyl (C=O) groups excluding carboxylic acids is 1. The van der Waals surface area contributed by atoms with Gasteiger partial charge in [-0.3, -0.25) is 9.69 Å². The average Bonchev–Trinajstić information content (AvgIpc) is 2.48. The van der Waals surface area contributed by atoms with Gasteiger partial charge < -0.3 is 14.3 Å². The molecule has 0 amide bonds. The van der Waals surface area contributed by atoms with E-state index in [9.17, 15) is 4.79 Å². The van der Waals surface area contributed by atoms with E-state index in [1.165, 1.54) is 6.42 Å². The molecule has 0 aromatic heterocycles. The number of rotatable bonds is 5. The van der Waals surface area contributed by atoms with Crippen molar-refractivity contribution in [1.29, 1.82) is 0 Å². The van der Waals surface area contributed by atoms with Gasteiger partial charge in [0.05, 0.1) is 19.7 Å². The van der Waals surface area contributed by atoms with Crippen LogP contribution in [0, 0.1) is 13.8 Å². The minimum Gasteiger partial charge on any atom is -0.487 e. The van der Waals surface area contributed by atoms with Gasteiger partial charge in [-0.1, -0.05) is 0 Å². The van der Waals surface area contributed by atoms with Crippen LogP contribution in [-0.4, -0.2) is 44.2 Å². The van der Waals surface area contributed by atoms with Crippen molar-refractivity contribution in [1.82, 2.24) is 10.4 Å². The molecular formula is C19H28N2O4. The van der Waals surface area contributed by atoms with Crippen LogP contribution in [0.2, 0.25) is 0 Å². The molecule has 1 heterocycles. The van der Waals surface area contributed by atoms with Gasteiger partial charge in [0, 0.05) is 17.5 Å². The van der Waals surface area contributed by atoms with E-state index in [1.54, 1.807) is 12.0 Å². The number of fused-ring (bicyclic) bond motifs is 1. The lowest BCUT2D eigenvalue weighted by Crippen LogP contribution is -2.49. The summed E-state index contributed by atoms with van der Waals surface area (Å²) in [6.45, 7) is 4.18. The number of likely N-dealkylation sites (N-methyl/N-ethyl adjacent to an activating group) is 1. The van der Waals surface area contributed by atoms with Gasteiger partial charge in [-0.2, -0.15) is 5.48 Å². The van der Waals surface area contributed by atoms with Crippen molar-refractivity contribution in [3.63, 3.8) is 0 Å². The van der Waals surface area contributed by atoms with Crippen molar-refractivity contribution in [2.75, 3.05) is 27.7 Å². The molecule has 1 aromatic carbocycles. The zero-order chi connectivity index (χ0) is 18.2. The van der Waals surface area contributed by atoms with E-state index in [0.717, 1.165) is 41.7 Å². The largest absolute Gasteiger partial charge is 0.487 e. The Kier molecular flexibility index (Phi) is 5.04. The Morgan fingerprint density at radius 1 is 1.40 bits per heavy atom. The van der Waals surface area contributed by atoms with Crippen LogP contribution >= 0.6 is 0 Å². The maximum Gasteiger partial charge on any atom is 0.325 e. The molecule has 6 nitrogen and oxygen atoms in total. The molecule has 0 saturated heterocycles. The molecule has 0 bridgehead atoms. The van der Waals surface area contributed by atoms with E-state index >= 15 is 0 Å². The average molecular weight is 348 g/mol. The molecule has 1 N–H and O–H groups in total. The van der Waals surface area contributed by atoms with Gasteiger partial charge in [0.15, 0.2) is 0 Å². The Morgan fingerprint density at radius 3 is 2.68 bits per heavy atom. The van der Waals surface area contributed by atoms with Gasteiger partial charge >= 0.3 is 5.97 Å². The normalized spacial score (nSPS) is 20.8. The first kappa shape index (κ1) is 18.2. The standard InChI is InChI=1S/C19H28N2O4/c1-12-9-15-17(13(2)18(12)24-16(22)11-21(3)4)14(20-23-5)10-19(25-15)7-6-8-19/h9,14,20H,6-8,10-11H2,1-5H3. The lowest BCUT2D eigenvalue weighted by Gasteiger charge is -2.48. The molecule has 138 valence electrons. The van der Waals surface area contributed by atoms with E-state index in [-0.39, 0.29) is 24.2 Å². The molecule has 1 fully saturated rings. The molecule has 1 atom stereocenters. The summed E-state index contributed by atoms with van der Waals surface area (Å²) in [6.07, 6.45) is 4.22. The first-order chi connectivity index (χ1) is 11.8. The number of esters is 1. The summed E-state index contributed by atoms with van der Waals surface area (Å²) >= 11 is 0. The molecule has 1 aromatic rings. The second kappa shape index (κ2) is 6.94. The number of aryl methyl sites for hydroxylation is 1. The quantitative estimate of drug-likeness (QED) is 0.501. The molecule has 0 radical (unpaired) electrons. The zero-order valence-corrected chi connectivity index (χ0v) is 15.8. The topological polar surface area (TPSA) is 60.0 Å². The lowest BCUT2D eigenvalue weighted by atomic mass is 9.72. The van der Waals surface area contributed by atoms with Crippen LogP contribution in [0.5, 0.6) is 11.5 Å². The lowest BCUT2D eigenvalue weighted by molar-refractivity contribution is -0.135. The Morgan fingerprint density at radius 2 is 2.12 bits per heavy atom. The zero-order valence-electron chi connectivity index (χ0n) is 15.8. The number of nitrogens with one attached hydrogen (secondary N) is 1. The van der Waals surface area contributed by atoms with E-state index < -0.39 is 0 Å². The third-order valence-electron chi connectivity index (χ3n) is 5.15. The Labute approximate surface area is 149 Å². The number of benzene rings is 1. The van der Waals surface area contributed by atoms with Crippen molar-refractivity contribution < 1.29 is 19.1 Å². The van der Waals surface area contributed by atoms with Crippen molar-refractivity contribution in [3.05, 3.63) is 22.8 Å². The smallest absolute Gasteiger partial charge is 0.325 e. The van der Waals surface area contributed by atoms with Crippen molar-refractivity contribution >= 4 is 5.97 Å². The number of hydroxylamine groups is 1. The van der Waals surface area contributed by atoms with Crippen LogP contribution in [-0.2, 0) is 9.63 Å². The first-order valence-electron chi connectivity index (χ1n) is 8.82. The number of hydrogen-bond donors (Lipinski definition) is 1. The van der Waals surface area contributed by atoms with Gasteiger partial charge in [0.25, 0.3) is 0 Å². The van der Waals surface area contributed by atoms with Gasteiger partial charge in [0.2, 0.25) is 0 Å². The van der Waals surface area contributed by atoms with Crippen LogP contribution < -0.4 is 15.0 Å². The third-order valence-corrected chi connectivity index (χ3v) is 5.15. The maximum absolute atomic E-state index is 12.1. The summed E-state index contributed by atoms with van der Waals surface area (Å²) in [5.74, 6) is 1.24. The van der Waals surface area contributed by atoms with E-state index in [2.05, 4.69) is 5.48 Å². The summed E-state index contributed by atoms with van der Waals surface area (Å²) < 4.78 is 12.0. The highest BCUT2D eigenvalue weighted by atomic mass is 16.6. The molecule has 3 rings (SSSR count). The summed E-state index contributed by atoms with van der Waals surface area (Å²) in [5, 5.41) is 0. The van der Waals surface area contributed by atoms with Crippen LogP contribution in [0.4, 0.5) is 0 Å². The van der Waals surface area contributed by atoms with Crippen LogP contribution in [0.1, 0.15) is 48.4 Å². The Bertz CT molecular complexity index is 668. The predicted octanol–water partition coefficient (Wildman–Crippen LogP) is 2.67. The predicted molar refractivity (Wildman–Crippen MR) is 94.8 cm³/mol. The third kappa shape index (κ3) is 3.52. The highest BCUT2D eigenvalue weighted by Crippen LogP contribution is 2.51. The monoisotopic (exact) mass is 348 g/mol. The second-order valence-corrected chi connectivity index (χ2v) is 7.49. The van der Waals surface area contributed by atoms with E-state index in [0.29, 0.717) is 5.75 Å². The molecule has 1 unspecified atom stereocenters. The highest BCUT2D eigenvalue weighted by molar-refractivity contribution is 5.76. The molecule has 2 aliphatic rings. The molecule has 25 heavy (non-hydrogen) atoms. The minimum atomic E-state index is -0.264.